The minimum absolute atomic E-state index is 0.0783. The Labute approximate surface area is 125 Å². The summed E-state index contributed by atoms with van der Waals surface area (Å²) in [6, 6.07) is 1.85. The van der Waals surface area contributed by atoms with Crippen molar-refractivity contribution in [3.63, 3.8) is 0 Å². The number of aryl methyl sites for hydroxylation is 2. The van der Waals surface area contributed by atoms with Crippen LogP contribution in [0.2, 0.25) is 0 Å². The summed E-state index contributed by atoms with van der Waals surface area (Å²) in [5.74, 6) is -0.0783. The van der Waals surface area contributed by atoms with E-state index in [0.29, 0.717) is 16.4 Å². The first kappa shape index (κ1) is 15.7. The Kier molecular flexibility index (Phi) is 5.85. The molecular weight excluding hydrogens is 362 g/mol. The maximum Gasteiger partial charge on any atom is 0.270 e. The number of nitrogens with zero attached hydrogens (tertiary/aromatic N) is 2. The van der Waals surface area contributed by atoms with Gasteiger partial charge in [0.25, 0.3) is 5.91 Å². The number of alkyl halides is 2. The third-order valence-electron chi connectivity index (χ3n) is 3.09. The van der Waals surface area contributed by atoms with E-state index in [-0.39, 0.29) is 11.4 Å². The van der Waals surface area contributed by atoms with E-state index in [0.717, 1.165) is 18.5 Å². The lowest BCUT2D eigenvalue weighted by molar-refractivity contribution is 0.0905. The van der Waals surface area contributed by atoms with E-state index in [9.17, 15) is 4.79 Å². The maximum absolute atomic E-state index is 12.3. The molecule has 18 heavy (non-hydrogen) atoms. The molecule has 0 unspecified atom stereocenters. The van der Waals surface area contributed by atoms with Gasteiger partial charge in [0, 0.05) is 17.7 Å². The highest BCUT2D eigenvalue weighted by Gasteiger charge is 2.29. The summed E-state index contributed by atoms with van der Waals surface area (Å²) in [7, 11) is 1.80. The number of rotatable bonds is 6. The van der Waals surface area contributed by atoms with Crippen molar-refractivity contribution >= 4 is 37.8 Å². The Morgan fingerprint density at radius 3 is 2.44 bits per heavy atom. The number of carbonyl (C=O) groups excluding carboxylic acids is 1. The van der Waals surface area contributed by atoms with Crippen LogP contribution in [0.5, 0.6) is 0 Å². The number of hydrogen-bond donors (Lipinski definition) is 1. The van der Waals surface area contributed by atoms with Gasteiger partial charge in [-0.15, -0.1) is 0 Å². The van der Waals surface area contributed by atoms with Gasteiger partial charge in [-0.1, -0.05) is 45.7 Å². The van der Waals surface area contributed by atoms with E-state index in [4.69, 9.17) is 0 Å². The first-order chi connectivity index (χ1) is 8.51. The van der Waals surface area contributed by atoms with Crippen molar-refractivity contribution in [2.24, 2.45) is 7.05 Å². The zero-order valence-corrected chi connectivity index (χ0v) is 14.1. The molecule has 0 atom stereocenters. The Balaban J connectivity index is 2.90. The van der Waals surface area contributed by atoms with Gasteiger partial charge in [0.15, 0.2) is 0 Å². The highest BCUT2D eigenvalue weighted by atomic mass is 79.9. The molecule has 0 aliphatic heterocycles. The summed E-state index contributed by atoms with van der Waals surface area (Å²) >= 11 is 6.93. The highest BCUT2D eigenvalue weighted by molar-refractivity contribution is 9.09. The molecule has 1 aromatic heterocycles. The van der Waals surface area contributed by atoms with E-state index in [1.807, 2.05) is 13.0 Å². The Hall–Kier alpha value is -0.360. The largest absolute Gasteiger partial charge is 0.344 e. The van der Waals surface area contributed by atoms with Gasteiger partial charge < -0.3 is 5.32 Å². The van der Waals surface area contributed by atoms with E-state index < -0.39 is 0 Å². The zero-order chi connectivity index (χ0) is 13.8. The third kappa shape index (κ3) is 3.35. The molecule has 1 N–H and O–H groups in total. The van der Waals surface area contributed by atoms with Gasteiger partial charge in [-0.25, -0.2) is 0 Å². The van der Waals surface area contributed by atoms with Crippen LogP contribution < -0.4 is 5.32 Å². The minimum atomic E-state index is -0.256. The maximum atomic E-state index is 12.3. The SMILES string of the molecule is CCc1cc(C(=O)NC(CC)(CBr)CBr)n(C)n1. The number of hydrogen-bond acceptors (Lipinski definition) is 2. The summed E-state index contributed by atoms with van der Waals surface area (Å²) in [5, 5.41) is 8.80. The molecule has 1 amide bonds. The average molecular weight is 381 g/mol. The number of aromatic nitrogens is 2. The van der Waals surface area contributed by atoms with Crippen LogP contribution in [0.1, 0.15) is 36.5 Å². The molecule has 0 saturated carbocycles. The van der Waals surface area contributed by atoms with Crippen LogP contribution in [-0.2, 0) is 13.5 Å². The fourth-order valence-electron chi connectivity index (χ4n) is 1.60. The van der Waals surface area contributed by atoms with Crippen molar-refractivity contribution in [3.8, 4) is 0 Å². The minimum Gasteiger partial charge on any atom is -0.344 e. The molecule has 102 valence electrons. The van der Waals surface area contributed by atoms with Crippen LogP contribution in [0.4, 0.5) is 0 Å². The first-order valence-electron chi connectivity index (χ1n) is 5.99. The number of carbonyl (C=O) groups is 1. The lowest BCUT2D eigenvalue weighted by Gasteiger charge is -2.29. The molecule has 0 aliphatic rings. The van der Waals surface area contributed by atoms with Gasteiger partial charge in [-0.3, -0.25) is 9.48 Å². The summed E-state index contributed by atoms with van der Waals surface area (Å²) in [4.78, 5) is 12.3. The monoisotopic (exact) mass is 379 g/mol. The molecule has 0 aromatic carbocycles. The molecule has 0 aliphatic carbocycles. The van der Waals surface area contributed by atoms with Crippen LogP contribution in [0.25, 0.3) is 0 Å². The number of nitrogens with one attached hydrogen (secondary N) is 1. The molecule has 0 spiro atoms. The van der Waals surface area contributed by atoms with Crippen molar-refractivity contribution in [2.45, 2.75) is 32.2 Å². The highest BCUT2D eigenvalue weighted by Crippen LogP contribution is 2.18. The second kappa shape index (κ2) is 6.70. The lowest BCUT2D eigenvalue weighted by atomic mass is 10.0. The predicted molar refractivity (Wildman–Crippen MR) is 80.7 cm³/mol. The van der Waals surface area contributed by atoms with E-state index >= 15 is 0 Å². The molecule has 1 rings (SSSR count). The topological polar surface area (TPSA) is 46.9 Å². The smallest absolute Gasteiger partial charge is 0.270 e. The molecule has 6 heteroatoms. The van der Waals surface area contributed by atoms with E-state index in [1.54, 1.807) is 11.7 Å². The third-order valence-corrected chi connectivity index (χ3v) is 5.24. The van der Waals surface area contributed by atoms with Crippen molar-refractivity contribution < 1.29 is 4.79 Å². The van der Waals surface area contributed by atoms with Crippen molar-refractivity contribution in [2.75, 3.05) is 10.7 Å². The molecule has 4 nitrogen and oxygen atoms in total. The molecule has 0 saturated heterocycles. The van der Waals surface area contributed by atoms with Crippen LogP contribution >= 0.6 is 31.9 Å². The van der Waals surface area contributed by atoms with Gasteiger partial charge in [0.1, 0.15) is 5.69 Å². The summed E-state index contributed by atoms with van der Waals surface area (Å²) in [6.07, 6.45) is 1.69. The normalized spacial score (nSPS) is 11.6. The van der Waals surface area contributed by atoms with Gasteiger partial charge in [0.2, 0.25) is 0 Å². The summed E-state index contributed by atoms with van der Waals surface area (Å²) in [5.41, 5.74) is 1.28. The van der Waals surface area contributed by atoms with Crippen molar-refractivity contribution in [3.05, 3.63) is 17.5 Å². The van der Waals surface area contributed by atoms with Gasteiger partial charge in [-0.05, 0) is 18.9 Å². The molecular formula is C12H19Br2N3O. The fourth-order valence-corrected chi connectivity index (χ4v) is 3.60. The molecule has 0 fully saturated rings. The number of amides is 1. The second-order valence-corrected chi connectivity index (χ2v) is 5.47. The van der Waals surface area contributed by atoms with Crippen LogP contribution in [0.15, 0.2) is 6.07 Å². The molecule has 1 aromatic rings. The van der Waals surface area contributed by atoms with Crippen LogP contribution in [0.3, 0.4) is 0 Å². The van der Waals surface area contributed by atoms with E-state index in [1.165, 1.54) is 0 Å². The van der Waals surface area contributed by atoms with Gasteiger partial charge in [0.05, 0.1) is 11.2 Å². The average Bonchev–Trinajstić information content (AvgIpc) is 2.77. The van der Waals surface area contributed by atoms with Crippen molar-refractivity contribution in [1.82, 2.24) is 15.1 Å². The summed E-state index contributed by atoms with van der Waals surface area (Å²) in [6.45, 7) is 4.08. The van der Waals surface area contributed by atoms with Crippen LogP contribution in [0, 0.1) is 0 Å². The molecule has 0 radical (unpaired) electrons. The molecule has 1 heterocycles. The quantitative estimate of drug-likeness (QED) is 0.771. The van der Waals surface area contributed by atoms with E-state index in [2.05, 4.69) is 49.2 Å². The number of halogens is 2. The van der Waals surface area contributed by atoms with Crippen molar-refractivity contribution in [1.29, 1.82) is 0 Å². The Morgan fingerprint density at radius 2 is 2.06 bits per heavy atom. The molecule has 0 bridgehead atoms. The predicted octanol–water partition coefficient (Wildman–Crippen LogP) is 2.65. The Morgan fingerprint density at radius 1 is 1.44 bits per heavy atom. The summed E-state index contributed by atoms with van der Waals surface area (Å²) < 4.78 is 1.64. The van der Waals surface area contributed by atoms with Crippen LogP contribution in [-0.4, -0.2) is 31.9 Å². The van der Waals surface area contributed by atoms with Gasteiger partial charge in [-0.2, -0.15) is 5.10 Å². The first-order valence-corrected chi connectivity index (χ1v) is 8.23. The lowest BCUT2D eigenvalue weighted by Crippen LogP contribution is -2.51. The fraction of sp³-hybridized carbons (Fsp3) is 0.667. The second-order valence-electron chi connectivity index (χ2n) is 4.35. The van der Waals surface area contributed by atoms with Gasteiger partial charge >= 0.3 is 0 Å². The Bertz CT molecular complexity index is 405. The standard InChI is InChI=1S/C12H19Br2N3O/c1-4-9-6-10(17(3)16-9)11(18)15-12(5-2,7-13)8-14/h6H,4-5,7-8H2,1-3H3,(H,15,18). The zero-order valence-electron chi connectivity index (χ0n) is 11.0.